The molecule has 4 aromatic rings. The molecule has 0 aliphatic heterocycles. The van der Waals surface area contributed by atoms with E-state index in [1.165, 1.54) is 47.8 Å². The van der Waals surface area contributed by atoms with Crippen LogP contribution in [0, 0.1) is 5.82 Å². The van der Waals surface area contributed by atoms with Crippen molar-refractivity contribution in [1.29, 1.82) is 0 Å². The first-order chi connectivity index (χ1) is 17.6. The number of carbonyl (C=O) groups excluding carboxylic acids is 2. The van der Waals surface area contributed by atoms with Crippen molar-refractivity contribution in [2.45, 2.75) is 19.5 Å². The Bertz CT molecular complexity index is 1300. The molecule has 0 aliphatic rings. The summed E-state index contributed by atoms with van der Waals surface area (Å²) in [6, 6.07) is 20.8. The lowest BCUT2D eigenvalue weighted by atomic mass is 10.0. The van der Waals surface area contributed by atoms with Crippen LogP contribution in [-0.4, -0.2) is 33.3 Å². The van der Waals surface area contributed by atoms with E-state index in [0.717, 1.165) is 5.56 Å². The summed E-state index contributed by atoms with van der Waals surface area (Å²) in [5.74, 6) is -0.904. The SMILES string of the molecule is CCOc1ccccc1[C@H](C(=O)Nc1ccc(F)cc1)N(Cc1ccccc1)C(=O)c1cnccn1. The fourth-order valence-corrected chi connectivity index (χ4v) is 3.81. The summed E-state index contributed by atoms with van der Waals surface area (Å²) in [7, 11) is 0. The van der Waals surface area contributed by atoms with E-state index in [1.807, 2.05) is 37.3 Å². The maximum absolute atomic E-state index is 13.8. The predicted octanol–water partition coefficient (Wildman–Crippen LogP) is 5.04. The molecule has 0 bridgehead atoms. The molecule has 0 aliphatic carbocycles. The van der Waals surface area contributed by atoms with Crippen molar-refractivity contribution in [2.75, 3.05) is 11.9 Å². The van der Waals surface area contributed by atoms with Gasteiger partial charge in [-0.3, -0.25) is 14.6 Å². The number of halogens is 1. The van der Waals surface area contributed by atoms with Crippen LogP contribution < -0.4 is 10.1 Å². The van der Waals surface area contributed by atoms with Crippen molar-refractivity contribution in [2.24, 2.45) is 0 Å². The highest BCUT2D eigenvalue weighted by atomic mass is 19.1. The van der Waals surface area contributed by atoms with Crippen molar-refractivity contribution in [3.05, 3.63) is 120 Å². The molecule has 36 heavy (non-hydrogen) atoms. The molecule has 7 nitrogen and oxygen atoms in total. The summed E-state index contributed by atoms with van der Waals surface area (Å²) >= 11 is 0. The van der Waals surface area contributed by atoms with Gasteiger partial charge < -0.3 is 15.0 Å². The van der Waals surface area contributed by atoms with E-state index in [-0.39, 0.29) is 12.2 Å². The van der Waals surface area contributed by atoms with Gasteiger partial charge in [0.25, 0.3) is 11.8 Å². The largest absolute Gasteiger partial charge is 0.494 e. The van der Waals surface area contributed by atoms with Gasteiger partial charge in [0.1, 0.15) is 23.3 Å². The number of nitrogens with zero attached hydrogens (tertiary/aromatic N) is 3. The third kappa shape index (κ3) is 5.90. The van der Waals surface area contributed by atoms with E-state index in [4.69, 9.17) is 4.74 Å². The van der Waals surface area contributed by atoms with E-state index in [2.05, 4.69) is 15.3 Å². The van der Waals surface area contributed by atoms with Crippen molar-refractivity contribution >= 4 is 17.5 Å². The fourth-order valence-electron chi connectivity index (χ4n) is 3.81. The predicted molar refractivity (Wildman–Crippen MR) is 134 cm³/mol. The summed E-state index contributed by atoms with van der Waals surface area (Å²) in [5.41, 5.74) is 1.82. The van der Waals surface area contributed by atoms with Crippen LogP contribution in [-0.2, 0) is 11.3 Å². The van der Waals surface area contributed by atoms with Gasteiger partial charge in [-0.05, 0) is 42.8 Å². The average Bonchev–Trinajstić information content (AvgIpc) is 2.91. The minimum atomic E-state index is -1.09. The molecule has 0 radical (unpaired) electrons. The van der Waals surface area contributed by atoms with Gasteiger partial charge in [0.2, 0.25) is 0 Å². The zero-order chi connectivity index (χ0) is 25.3. The number of carbonyl (C=O) groups is 2. The van der Waals surface area contributed by atoms with Crippen molar-refractivity contribution in [1.82, 2.24) is 14.9 Å². The Balaban J connectivity index is 1.82. The fraction of sp³-hybridized carbons (Fsp3) is 0.143. The standard InChI is InChI=1S/C28H25FN4O3/c1-2-36-25-11-7-6-10-23(25)26(27(34)32-22-14-12-21(29)13-15-22)33(19-20-8-4-3-5-9-20)28(35)24-18-30-16-17-31-24/h3-18,26H,2,19H2,1H3,(H,32,34)/t26-/m1/s1. The second kappa shape index (κ2) is 11.7. The lowest BCUT2D eigenvalue weighted by Crippen LogP contribution is -2.41. The molecule has 182 valence electrons. The maximum Gasteiger partial charge on any atom is 0.275 e. The van der Waals surface area contributed by atoms with Crippen LogP contribution in [0.5, 0.6) is 5.75 Å². The summed E-state index contributed by atoms with van der Waals surface area (Å²) in [4.78, 5) is 37.3. The Labute approximate surface area is 208 Å². The molecule has 3 aromatic carbocycles. The highest BCUT2D eigenvalue weighted by Crippen LogP contribution is 2.33. The van der Waals surface area contributed by atoms with Crippen LogP contribution in [0.25, 0.3) is 0 Å². The van der Waals surface area contributed by atoms with Crippen LogP contribution in [0.15, 0.2) is 97.5 Å². The van der Waals surface area contributed by atoms with Crippen LogP contribution >= 0.6 is 0 Å². The van der Waals surface area contributed by atoms with E-state index < -0.39 is 23.7 Å². The number of amides is 2. The number of ether oxygens (including phenoxy) is 1. The Hall–Kier alpha value is -4.59. The highest BCUT2D eigenvalue weighted by molar-refractivity contribution is 6.01. The third-order valence-corrected chi connectivity index (χ3v) is 5.42. The Morgan fingerprint density at radius 3 is 2.39 bits per heavy atom. The van der Waals surface area contributed by atoms with Gasteiger partial charge in [0, 0.05) is 30.2 Å². The molecule has 0 spiro atoms. The van der Waals surface area contributed by atoms with Gasteiger partial charge in [-0.1, -0.05) is 48.5 Å². The lowest BCUT2D eigenvalue weighted by Gasteiger charge is -2.32. The lowest BCUT2D eigenvalue weighted by molar-refractivity contribution is -0.121. The molecule has 1 N–H and O–H groups in total. The van der Waals surface area contributed by atoms with E-state index in [1.54, 1.807) is 24.3 Å². The zero-order valence-corrected chi connectivity index (χ0v) is 19.7. The number of aromatic nitrogens is 2. The van der Waals surface area contributed by atoms with E-state index >= 15 is 0 Å². The monoisotopic (exact) mass is 484 g/mol. The Morgan fingerprint density at radius 2 is 1.69 bits per heavy atom. The van der Waals surface area contributed by atoms with Crippen molar-refractivity contribution in [3.63, 3.8) is 0 Å². The summed E-state index contributed by atoms with van der Waals surface area (Å²) < 4.78 is 19.3. The highest BCUT2D eigenvalue weighted by Gasteiger charge is 2.35. The number of hydrogen-bond acceptors (Lipinski definition) is 5. The number of rotatable bonds is 9. The first kappa shape index (κ1) is 24.5. The minimum absolute atomic E-state index is 0.0990. The van der Waals surface area contributed by atoms with Crippen LogP contribution in [0.4, 0.5) is 10.1 Å². The Kier molecular flexibility index (Phi) is 7.97. The molecule has 0 saturated heterocycles. The normalized spacial score (nSPS) is 11.4. The molecule has 1 aromatic heterocycles. The van der Waals surface area contributed by atoms with Gasteiger partial charge in [-0.15, -0.1) is 0 Å². The van der Waals surface area contributed by atoms with E-state index in [0.29, 0.717) is 23.6 Å². The van der Waals surface area contributed by atoms with Gasteiger partial charge in [-0.2, -0.15) is 0 Å². The molecular formula is C28H25FN4O3. The topological polar surface area (TPSA) is 84.4 Å². The van der Waals surface area contributed by atoms with Gasteiger partial charge in [0.05, 0.1) is 12.8 Å². The summed E-state index contributed by atoms with van der Waals surface area (Å²) in [6.45, 7) is 2.34. The second-order valence-corrected chi connectivity index (χ2v) is 7.88. The first-order valence-corrected chi connectivity index (χ1v) is 11.5. The number of anilines is 1. The smallest absolute Gasteiger partial charge is 0.275 e. The maximum atomic E-state index is 13.8. The molecular weight excluding hydrogens is 459 g/mol. The quantitative estimate of drug-likeness (QED) is 0.360. The van der Waals surface area contributed by atoms with Crippen molar-refractivity contribution < 1.29 is 18.7 Å². The average molecular weight is 485 g/mol. The molecule has 2 amide bonds. The van der Waals surface area contributed by atoms with Crippen LogP contribution in [0.1, 0.15) is 34.6 Å². The van der Waals surface area contributed by atoms with E-state index in [9.17, 15) is 14.0 Å². The molecule has 1 heterocycles. The third-order valence-electron chi connectivity index (χ3n) is 5.42. The van der Waals surface area contributed by atoms with Gasteiger partial charge in [0.15, 0.2) is 0 Å². The second-order valence-electron chi connectivity index (χ2n) is 7.88. The van der Waals surface area contributed by atoms with Crippen LogP contribution in [0.2, 0.25) is 0 Å². The first-order valence-electron chi connectivity index (χ1n) is 11.5. The summed E-state index contributed by atoms with van der Waals surface area (Å²) in [6.07, 6.45) is 4.26. The minimum Gasteiger partial charge on any atom is -0.494 e. The molecule has 0 fully saturated rings. The number of nitrogens with one attached hydrogen (secondary N) is 1. The number of para-hydroxylation sites is 1. The van der Waals surface area contributed by atoms with Gasteiger partial charge in [-0.25, -0.2) is 9.37 Å². The molecule has 0 saturated carbocycles. The van der Waals surface area contributed by atoms with Crippen LogP contribution in [0.3, 0.4) is 0 Å². The number of hydrogen-bond donors (Lipinski definition) is 1. The number of benzene rings is 3. The molecule has 4 rings (SSSR count). The summed E-state index contributed by atoms with van der Waals surface area (Å²) in [5, 5.41) is 2.82. The molecule has 8 heteroatoms. The zero-order valence-electron chi connectivity index (χ0n) is 19.7. The Morgan fingerprint density at radius 1 is 0.972 bits per heavy atom. The van der Waals surface area contributed by atoms with Gasteiger partial charge >= 0.3 is 0 Å². The molecule has 0 unspecified atom stereocenters. The molecule has 1 atom stereocenters. The van der Waals surface area contributed by atoms with Crippen molar-refractivity contribution in [3.8, 4) is 5.75 Å².